The molecule has 1 N–H and O–H groups in total. The normalized spacial score (nSPS) is 12.2. The van der Waals surface area contributed by atoms with E-state index in [4.69, 9.17) is 16.3 Å². The highest BCUT2D eigenvalue weighted by atomic mass is 35.5. The first kappa shape index (κ1) is 19.2. The number of nitrogens with zero attached hydrogens (tertiary/aromatic N) is 2. The SMILES string of the molecule is CC(F)Cc1nc2ccc(-n3ccc(OCc4ccc(Cl)cc4)cc3=O)cc2[nH]1. The Labute approximate surface area is 171 Å². The molecule has 4 aromatic rings. The third-order valence-electron chi connectivity index (χ3n) is 4.48. The van der Waals surface area contributed by atoms with Crippen LogP contribution in [-0.4, -0.2) is 20.7 Å². The van der Waals surface area contributed by atoms with Crippen LogP contribution >= 0.6 is 11.6 Å². The third kappa shape index (κ3) is 4.49. The number of pyridine rings is 1. The quantitative estimate of drug-likeness (QED) is 0.493. The number of H-pyrrole nitrogens is 1. The molecule has 2 aromatic heterocycles. The van der Waals surface area contributed by atoms with Crippen LogP contribution in [0, 0.1) is 0 Å². The topological polar surface area (TPSA) is 59.9 Å². The van der Waals surface area contributed by atoms with Crippen LogP contribution in [-0.2, 0) is 13.0 Å². The van der Waals surface area contributed by atoms with E-state index >= 15 is 0 Å². The maximum absolute atomic E-state index is 13.2. The molecule has 0 radical (unpaired) electrons. The lowest BCUT2D eigenvalue weighted by molar-refractivity contribution is 0.305. The van der Waals surface area contributed by atoms with Gasteiger partial charge in [-0.2, -0.15) is 0 Å². The second-order valence-electron chi connectivity index (χ2n) is 6.86. The minimum absolute atomic E-state index is 0.213. The summed E-state index contributed by atoms with van der Waals surface area (Å²) in [4.78, 5) is 20.1. The van der Waals surface area contributed by atoms with Crippen LogP contribution in [0.4, 0.5) is 4.39 Å². The van der Waals surface area contributed by atoms with E-state index in [0.717, 1.165) is 16.6 Å². The predicted molar refractivity (Wildman–Crippen MR) is 112 cm³/mol. The molecule has 7 heteroatoms. The van der Waals surface area contributed by atoms with Gasteiger partial charge in [0.1, 0.15) is 24.4 Å². The molecule has 0 spiro atoms. The highest BCUT2D eigenvalue weighted by molar-refractivity contribution is 6.30. The van der Waals surface area contributed by atoms with Gasteiger partial charge in [0.15, 0.2) is 0 Å². The fraction of sp³-hybridized carbons (Fsp3) is 0.182. The average Bonchev–Trinajstić information content (AvgIpc) is 3.08. The Balaban J connectivity index is 1.54. The fourth-order valence-electron chi connectivity index (χ4n) is 3.07. The van der Waals surface area contributed by atoms with E-state index in [9.17, 15) is 9.18 Å². The standard InChI is InChI=1S/C22H19ClFN3O2/c1-14(24)10-21-25-19-7-6-17(11-20(19)26-21)27-9-8-18(12-22(27)28)29-13-15-2-4-16(23)5-3-15/h2-9,11-12,14H,10,13H2,1H3,(H,25,26). The van der Waals surface area contributed by atoms with Gasteiger partial charge in [0, 0.05) is 23.7 Å². The summed E-state index contributed by atoms with van der Waals surface area (Å²) in [6.07, 6.45) is 0.920. The minimum Gasteiger partial charge on any atom is -0.489 e. The van der Waals surface area contributed by atoms with E-state index in [-0.39, 0.29) is 12.0 Å². The Morgan fingerprint density at radius 3 is 2.69 bits per heavy atom. The molecule has 0 fully saturated rings. The minimum atomic E-state index is -0.974. The molecule has 0 amide bonds. The van der Waals surface area contributed by atoms with Gasteiger partial charge >= 0.3 is 0 Å². The highest BCUT2D eigenvalue weighted by Gasteiger charge is 2.09. The van der Waals surface area contributed by atoms with E-state index < -0.39 is 6.17 Å². The van der Waals surface area contributed by atoms with E-state index in [2.05, 4.69) is 9.97 Å². The van der Waals surface area contributed by atoms with Gasteiger partial charge in [-0.3, -0.25) is 9.36 Å². The lowest BCUT2D eigenvalue weighted by Gasteiger charge is -2.09. The molecule has 0 aliphatic heterocycles. The number of fused-ring (bicyclic) bond motifs is 1. The number of aromatic nitrogens is 3. The Morgan fingerprint density at radius 1 is 1.17 bits per heavy atom. The lowest BCUT2D eigenvalue weighted by Crippen LogP contribution is -2.16. The fourth-order valence-corrected chi connectivity index (χ4v) is 3.20. The van der Waals surface area contributed by atoms with Crippen molar-refractivity contribution in [2.24, 2.45) is 0 Å². The molecule has 0 aliphatic carbocycles. The van der Waals surface area contributed by atoms with Crippen LogP contribution in [0.3, 0.4) is 0 Å². The zero-order valence-corrected chi connectivity index (χ0v) is 16.5. The van der Waals surface area contributed by atoms with Crippen molar-refractivity contribution in [2.75, 3.05) is 0 Å². The van der Waals surface area contributed by atoms with Gasteiger partial charge in [-0.15, -0.1) is 0 Å². The molecule has 2 heterocycles. The molecule has 0 saturated heterocycles. The van der Waals surface area contributed by atoms with Crippen molar-refractivity contribution < 1.29 is 9.13 Å². The summed E-state index contributed by atoms with van der Waals surface area (Å²) in [7, 11) is 0. The molecular weight excluding hydrogens is 393 g/mol. The molecule has 5 nitrogen and oxygen atoms in total. The first-order valence-electron chi connectivity index (χ1n) is 9.21. The molecule has 0 bridgehead atoms. The number of benzene rings is 2. The van der Waals surface area contributed by atoms with Crippen molar-refractivity contribution in [2.45, 2.75) is 26.1 Å². The van der Waals surface area contributed by atoms with E-state index in [1.165, 1.54) is 17.6 Å². The number of nitrogens with one attached hydrogen (secondary N) is 1. The van der Waals surface area contributed by atoms with Gasteiger partial charge in [-0.05, 0) is 48.9 Å². The molecule has 0 aliphatic rings. The van der Waals surface area contributed by atoms with Crippen molar-refractivity contribution >= 4 is 22.6 Å². The molecule has 4 rings (SSSR count). The maximum Gasteiger partial charge on any atom is 0.258 e. The van der Waals surface area contributed by atoms with Crippen molar-refractivity contribution in [3.63, 3.8) is 0 Å². The molecule has 1 atom stereocenters. The van der Waals surface area contributed by atoms with Crippen molar-refractivity contribution in [3.05, 3.63) is 87.6 Å². The van der Waals surface area contributed by atoms with Gasteiger partial charge < -0.3 is 9.72 Å². The Hall–Kier alpha value is -3.12. The zero-order chi connectivity index (χ0) is 20.4. The zero-order valence-electron chi connectivity index (χ0n) is 15.7. The number of hydrogen-bond donors (Lipinski definition) is 1. The van der Waals surface area contributed by atoms with E-state index in [0.29, 0.717) is 28.9 Å². The highest BCUT2D eigenvalue weighted by Crippen LogP contribution is 2.18. The average molecular weight is 412 g/mol. The maximum atomic E-state index is 13.2. The van der Waals surface area contributed by atoms with Crippen LogP contribution in [0.25, 0.3) is 16.7 Å². The lowest BCUT2D eigenvalue weighted by atomic mass is 10.2. The van der Waals surface area contributed by atoms with Crippen LogP contribution in [0.2, 0.25) is 5.02 Å². The molecule has 1 unspecified atom stereocenters. The number of ether oxygens (including phenoxy) is 1. The molecule has 0 saturated carbocycles. The summed E-state index contributed by atoms with van der Waals surface area (Å²) < 4.78 is 20.4. The first-order valence-corrected chi connectivity index (χ1v) is 9.59. The monoisotopic (exact) mass is 411 g/mol. The van der Waals surface area contributed by atoms with E-state index in [1.807, 2.05) is 30.3 Å². The number of imidazole rings is 1. The van der Waals surface area contributed by atoms with Gasteiger partial charge in [0.25, 0.3) is 5.56 Å². The Bertz CT molecular complexity index is 1200. The van der Waals surface area contributed by atoms with Gasteiger partial charge in [-0.25, -0.2) is 9.37 Å². The van der Waals surface area contributed by atoms with Gasteiger partial charge in [-0.1, -0.05) is 23.7 Å². The largest absolute Gasteiger partial charge is 0.489 e. The Morgan fingerprint density at radius 2 is 1.97 bits per heavy atom. The number of hydrogen-bond acceptors (Lipinski definition) is 3. The van der Waals surface area contributed by atoms with Crippen molar-refractivity contribution in [1.29, 1.82) is 0 Å². The summed E-state index contributed by atoms with van der Waals surface area (Å²) in [5.41, 5.74) is 2.93. The van der Waals surface area contributed by atoms with E-state index in [1.54, 1.807) is 24.4 Å². The Kier molecular flexibility index (Phi) is 5.36. The summed E-state index contributed by atoms with van der Waals surface area (Å²) in [6, 6.07) is 16.0. The van der Waals surface area contributed by atoms with Crippen LogP contribution in [0.5, 0.6) is 5.75 Å². The number of halogens is 2. The number of aromatic amines is 1. The third-order valence-corrected chi connectivity index (χ3v) is 4.73. The summed E-state index contributed by atoms with van der Waals surface area (Å²) in [5, 5.41) is 0.664. The van der Waals surface area contributed by atoms with Crippen LogP contribution < -0.4 is 10.3 Å². The van der Waals surface area contributed by atoms with Crippen LogP contribution in [0.15, 0.2) is 65.6 Å². The second kappa shape index (κ2) is 8.09. The predicted octanol–water partition coefficient (Wildman–Crippen LogP) is 4.85. The molecule has 29 heavy (non-hydrogen) atoms. The van der Waals surface area contributed by atoms with Gasteiger partial charge in [0.2, 0.25) is 0 Å². The molecular formula is C22H19ClFN3O2. The first-order chi connectivity index (χ1) is 14.0. The molecule has 2 aromatic carbocycles. The number of alkyl halides is 1. The second-order valence-corrected chi connectivity index (χ2v) is 7.29. The molecule has 148 valence electrons. The summed E-state index contributed by atoms with van der Waals surface area (Å²) >= 11 is 5.88. The van der Waals surface area contributed by atoms with Crippen molar-refractivity contribution in [1.82, 2.24) is 14.5 Å². The smallest absolute Gasteiger partial charge is 0.258 e. The summed E-state index contributed by atoms with van der Waals surface area (Å²) in [5.74, 6) is 1.08. The van der Waals surface area contributed by atoms with Crippen molar-refractivity contribution in [3.8, 4) is 11.4 Å². The number of rotatable bonds is 6. The van der Waals surface area contributed by atoms with Gasteiger partial charge in [0.05, 0.1) is 16.7 Å². The summed E-state index contributed by atoms with van der Waals surface area (Å²) in [6.45, 7) is 1.84. The van der Waals surface area contributed by atoms with Crippen LogP contribution in [0.1, 0.15) is 18.3 Å².